The highest BCUT2D eigenvalue weighted by Gasteiger charge is 2.50. The van der Waals surface area contributed by atoms with Crippen molar-refractivity contribution in [2.75, 3.05) is 0 Å². The Kier molecular flexibility index (Phi) is 2.66. The van der Waals surface area contributed by atoms with Gasteiger partial charge in [-0.1, -0.05) is 0 Å². The van der Waals surface area contributed by atoms with Crippen LogP contribution in [0.15, 0.2) is 29.7 Å². The second-order valence-electron chi connectivity index (χ2n) is 7.92. The minimum atomic E-state index is -3.17. The second kappa shape index (κ2) is 4.68. The molecule has 134 valence electrons. The lowest BCUT2D eigenvalue weighted by Gasteiger charge is -2.48. The molecule has 0 aromatic carbocycles. The van der Waals surface area contributed by atoms with Crippen LogP contribution >= 0.6 is 0 Å². The fraction of sp³-hybridized carbons (Fsp3) is 0.444. The maximum Gasteiger partial charge on any atom is 0.235 e. The number of fused-ring (bicyclic) bond motifs is 5. The van der Waals surface area contributed by atoms with Gasteiger partial charge in [0.15, 0.2) is 0 Å². The number of aromatic amines is 2. The van der Waals surface area contributed by atoms with E-state index >= 15 is 0 Å². The Hall–Kier alpha value is -2.35. The summed E-state index contributed by atoms with van der Waals surface area (Å²) in [5, 5.41) is 9.86. The number of H-pyrrole nitrogens is 2. The average molecular weight is 369 g/mol. The van der Waals surface area contributed by atoms with Crippen molar-refractivity contribution in [1.29, 1.82) is 0 Å². The van der Waals surface area contributed by atoms with E-state index in [1.807, 2.05) is 18.5 Å². The maximum absolute atomic E-state index is 12.3. The van der Waals surface area contributed by atoms with Crippen molar-refractivity contribution < 1.29 is 8.42 Å². The van der Waals surface area contributed by atoms with E-state index in [9.17, 15) is 8.42 Å². The first kappa shape index (κ1) is 14.8. The summed E-state index contributed by atoms with van der Waals surface area (Å²) in [5.41, 5.74) is 5.14. The second-order valence-corrected chi connectivity index (χ2v) is 9.88. The predicted molar refractivity (Wildman–Crippen MR) is 98.0 cm³/mol. The number of aromatic nitrogens is 4. The van der Waals surface area contributed by atoms with Gasteiger partial charge in [-0.15, -0.1) is 0 Å². The lowest BCUT2D eigenvalue weighted by Crippen LogP contribution is -2.44. The van der Waals surface area contributed by atoms with E-state index in [4.69, 9.17) is 0 Å². The van der Waals surface area contributed by atoms with Crippen LogP contribution in [-0.4, -0.2) is 33.8 Å². The van der Waals surface area contributed by atoms with Crippen molar-refractivity contribution in [3.63, 3.8) is 0 Å². The quantitative estimate of drug-likeness (QED) is 0.657. The molecule has 0 saturated heterocycles. The molecule has 0 spiro atoms. The number of hydrogen-bond donors (Lipinski definition) is 3. The van der Waals surface area contributed by atoms with Gasteiger partial charge in [0.05, 0.1) is 22.7 Å². The molecule has 8 heteroatoms. The summed E-state index contributed by atoms with van der Waals surface area (Å²) < 4.78 is 27.4. The third kappa shape index (κ3) is 1.90. The Morgan fingerprint density at radius 2 is 2.12 bits per heavy atom. The first-order valence-electron chi connectivity index (χ1n) is 9.09. The molecule has 0 aliphatic heterocycles. The summed E-state index contributed by atoms with van der Waals surface area (Å²) in [6, 6.07) is 2.05. The molecule has 0 unspecified atom stereocenters. The minimum absolute atomic E-state index is 0.0215. The van der Waals surface area contributed by atoms with Crippen molar-refractivity contribution in [2.45, 2.75) is 49.2 Å². The summed E-state index contributed by atoms with van der Waals surface area (Å²) in [6.45, 7) is 0. The largest absolute Gasteiger partial charge is 0.346 e. The Labute approximate surface area is 150 Å². The molecule has 4 aliphatic carbocycles. The van der Waals surface area contributed by atoms with Crippen molar-refractivity contribution in [2.24, 2.45) is 0 Å². The number of nitrogens with zero attached hydrogens (tertiary/aromatic N) is 2. The predicted octanol–water partition coefficient (Wildman–Crippen LogP) is 2.60. The number of sulfonamides is 1. The van der Waals surface area contributed by atoms with Crippen LogP contribution in [0, 0.1) is 0 Å². The molecule has 0 radical (unpaired) electrons. The average Bonchev–Trinajstić information content (AvgIpc) is 3.20. The molecule has 7 rings (SSSR count). The Bertz CT molecular complexity index is 1190. The number of nitrogens with one attached hydrogen (secondary N) is 3. The Balaban J connectivity index is 1.39. The number of rotatable bonds is 4. The van der Waals surface area contributed by atoms with Gasteiger partial charge in [0, 0.05) is 28.1 Å². The highest BCUT2D eigenvalue weighted by Crippen LogP contribution is 2.57. The van der Waals surface area contributed by atoms with Crippen LogP contribution < -0.4 is 4.72 Å². The minimum Gasteiger partial charge on any atom is -0.346 e. The zero-order valence-corrected chi connectivity index (χ0v) is 15.0. The molecule has 3 heterocycles. The van der Waals surface area contributed by atoms with E-state index in [0.29, 0.717) is 0 Å². The number of pyridine rings is 1. The van der Waals surface area contributed by atoms with Gasteiger partial charge in [-0.3, -0.25) is 9.82 Å². The third-order valence-corrected chi connectivity index (χ3v) is 8.11. The molecule has 7 nitrogen and oxygen atoms in total. The summed E-state index contributed by atoms with van der Waals surface area (Å²) in [6.07, 6.45) is 8.80. The summed E-state index contributed by atoms with van der Waals surface area (Å²) in [4.78, 5) is 7.59. The normalized spacial score (nSPS) is 22.0. The van der Waals surface area contributed by atoms with E-state index in [2.05, 4.69) is 24.9 Å². The van der Waals surface area contributed by atoms with Crippen molar-refractivity contribution in [1.82, 2.24) is 24.9 Å². The molecule has 4 aliphatic rings. The lowest BCUT2D eigenvalue weighted by molar-refractivity contribution is 0.267. The SMILES string of the molecule is O=S(=O)(NC1=C2CC(c3n[nH]c4cnc5[nH]ccc5c34)(CC1)C2)C1CC1. The Morgan fingerprint density at radius 1 is 1.27 bits per heavy atom. The van der Waals surface area contributed by atoms with Crippen LogP contribution in [0.4, 0.5) is 0 Å². The lowest BCUT2D eigenvalue weighted by atomic mass is 9.56. The first-order chi connectivity index (χ1) is 12.6. The molecule has 0 atom stereocenters. The molecule has 0 amide bonds. The van der Waals surface area contributed by atoms with E-state index in [-0.39, 0.29) is 10.7 Å². The number of hydrogen-bond acceptors (Lipinski definition) is 4. The van der Waals surface area contributed by atoms with Crippen LogP contribution in [0.2, 0.25) is 0 Å². The molecule has 2 saturated carbocycles. The van der Waals surface area contributed by atoms with Crippen molar-refractivity contribution >= 4 is 32.0 Å². The van der Waals surface area contributed by atoms with Crippen LogP contribution in [0.5, 0.6) is 0 Å². The first-order valence-corrected chi connectivity index (χ1v) is 10.6. The molecule has 26 heavy (non-hydrogen) atoms. The van der Waals surface area contributed by atoms with E-state index in [1.54, 1.807) is 0 Å². The zero-order valence-electron chi connectivity index (χ0n) is 14.2. The third-order valence-electron chi connectivity index (χ3n) is 6.23. The summed E-state index contributed by atoms with van der Waals surface area (Å²) in [5.74, 6) is 0. The zero-order chi connectivity index (χ0) is 17.5. The topological polar surface area (TPSA) is 104 Å². The molecule has 3 aromatic rings. The highest BCUT2D eigenvalue weighted by molar-refractivity contribution is 7.90. The maximum atomic E-state index is 12.3. The smallest absolute Gasteiger partial charge is 0.235 e. The molecule has 2 bridgehead atoms. The van der Waals surface area contributed by atoms with E-state index in [0.717, 1.165) is 71.9 Å². The fourth-order valence-electron chi connectivity index (χ4n) is 4.64. The molecule has 3 aromatic heterocycles. The molecule has 2 fully saturated rings. The standard InChI is InChI=1S/C18H19N5O2S/c24-26(25,11-1-2-11)23-13-3-5-18(7-10(13)8-18)16-15-12-4-6-19-17(12)20-9-14(15)21-22-16/h4,6,9,11,23H,1-3,5,7-8H2,(H,19,20)(H,21,22). The van der Waals surface area contributed by atoms with Crippen molar-refractivity contribution in [3.05, 3.63) is 35.4 Å². The van der Waals surface area contributed by atoms with Crippen molar-refractivity contribution in [3.8, 4) is 0 Å². The summed E-state index contributed by atoms with van der Waals surface area (Å²) in [7, 11) is -3.17. The van der Waals surface area contributed by atoms with Gasteiger partial charge in [0.25, 0.3) is 0 Å². The van der Waals surface area contributed by atoms with E-state index < -0.39 is 10.0 Å². The van der Waals surface area contributed by atoms with Gasteiger partial charge in [0.2, 0.25) is 10.0 Å². The van der Waals surface area contributed by atoms with Crippen LogP contribution in [0.3, 0.4) is 0 Å². The van der Waals surface area contributed by atoms with Crippen LogP contribution in [0.1, 0.15) is 44.2 Å². The number of allylic oxidation sites excluding steroid dienone is 2. The van der Waals surface area contributed by atoms with Gasteiger partial charge >= 0.3 is 0 Å². The van der Waals surface area contributed by atoms with Gasteiger partial charge < -0.3 is 4.98 Å². The fourth-order valence-corrected chi connectivity index (χ4v) is 6.16. The summed E-state index contributed by atoms with van der Waals surface area (Å²) >= 11 is 0. The highest BCUT2D eigenvalue weighted by atomic mass is 32.2. The Morgan fingerprint density at radius 3 is 2.85 bits per heavy atom. The van der Waals surface area contributed by atoms with E-state index in [1.165, 1.54) is 5.57 Å². The molecular weight excluding hydrogens is 350 g/mol. The van der Waals surface area contributed by atoms with Gasteiger partial charge in [-0.25, -0.2) is 13.4 Å². The van der Waals surface area contributed by atoms with Gasteiger partial charge in [0.1, 0.15) is 5.65 Å². The molecule has 3 N–H and O–H groups in total. The van der Waals surface area contributed by atoms with Crippen LogP contribution in [-0.2, 0) is 15.4 Å². The van der Waals surface area contributed by atoms with Gasteiger partial charge in [-0.2, -0.15) is 5.10 Å². The monoisotopic (exact) mass is 369 g/mol. The van der Waals surface area contributed by atoms with Crippen LogP contribution in [0.25, 0.3) is 21.9 Å². The molecular formula is C18H19N5O2S. The van der Waals surface area contributed by atoms with Gasteiger partial charge in [-0.05, 0) is 50.2 Å².